The third-order valence-electron chi connectivity index (χ3n) is 4.32. The number of hydrogen-bond donors (Lipinski definition) is 1. The summed E-state index contributed by atoms with van der Waals surface area (Å²) in [5.41, 5.74) is 1.03. The number of thioether (sulfide) groups is 1. The first kappa shape index (κ1) is 13.9. The Bertz CT molecular complexity index is 689. The molecule has 0 aliphatic carbocycles. The molecule has 2 aliphatic heterocycles. The fourth-order valence-electron chi connectivity index (χ4n) is 3.25. The van der Waals surface area contributed by atoms with Gasteiger partial charge in [0, 0.05) is 18.7 Å². The maximum Gasteiger partial charge on any atom is 0.182 e. The van der Waals surface area contributed by atoms with Gasteiger partial charge < -0.3 is 10.0 Å². The van der Waals surface area contributed by atoms with Crippen molar-refractivity contribution in [2.24, 2.45) is 4.99 Å². The number of aliphatic hydroxyl groups is 1. The second-order valence-corrected chi connectivity index (χ2v) is 6.74. The average molecular weight is 310 g/mol. The third kappa shape index (κ3) is 2.06. The van der Waals surface area contributed by atoms with Crippen molar-refractivity contribution in [2.75, 3.05) is 13.1 Å². The lowest BCUT2D eigenvalue weighted by Crippen LogP contribution is -2.47. The second kappa shape index (κ2) is 5.45. The van der Waals surface area contributed by atoms with Gasteiger partial charge in [-0.25, -0.2) is 0 Å². The Balaban J connectivity index is 1.86. The van der Waals surface area contributed by atoms with Crippen LogP contribution in [-0.4, -0.2) is 28.3 Å². The topological polar surface area (TPSA) is 35.8 Å². The van der Waals surface area contributed by atoms with Crippen LogP contribution in [0.5, 0.6) is 0 Å². The molecule has 2 aromatic rings. The maximum absolute atomic E-state index is 11.7. The largest absolute Gasteiger partial charge is 0.365 e. The van der Waals surface area contributed by atoms with Crippen molar-refractivity contribution in [1.82, 2.24) is 4.90 Å². The van der Waals surface area contributed by atoms with Gasteiger partial charge in [0.15, 0.2) is 10.9 Å². The molecule has 22 heavy (non-hydrogen) atoms. The van der Waals surface area contributed by atoms with E-state index in [4.69, 9.17) is 0 Å². The lowest BCUT2D eigenvalue weighted by Gasteiger charge is -2.39. The van der Waals surface area contributed by atoms with E-state index < -0.39 is 5.72 Å². The van der Waals surface area contributed by atoms with Crippen LogP contribution in [0.15, 0.2) is 65.7 Å². The smallest absolute Gasteiger partial charge is 0.182 e. The van der Waals surface area contributed by atoms with Crippen molar-refractivity contribution in [2.45, 2.75) is 17.4 Å². The molecule has 2 heterocycles. The van der Waals surface area contributed by atoms with Gasteiger partial charge in [-0.2, -0.15) is 0 Å². The average Bonchev–Trinajstić information content (AvgIpc) is 2.91. The van der Waals surface area contributed by atoms with E-state index in [1.54, 1.807) is 11.8 Å². The zero-order valence-electron chi connectivity index (χ0n) is 12.2. The highest BCUT2D eigenvalue weighted by atomic mass is 32.2. The van der Waals surface area contributed by atoms with E-state index in [1.165, 1.54) is 0 Å². The van der Waals surface area contributed by atoms with E-state index in [-0.39, 0.29) is 5.25 Å². The van der Waals surface area contributed by atoms with E-state index in [2.05, 4.69) is 22.0 Å². The van der Waals surface area contributed by atoms with Crippen LogP contribution in [0.3, 0.4) is 0 Å². The molecule has 2 aliphatic rings. The highest BCUT2D eigenvalue weighted by molar-refractivity contribution is 8.14. The Kier molecular flexibility index (Phi) is 3.43. The normalized spacial score (nSPS) is 27.4. The SMILES string of the molecule is OC1(c2ccccc2)C(c2ccccc2)SC2=NCCCN21. The Morgan fingerprint density at radius 1 is 1.05 bits per heavy atom. The van der Waals surface area contributed by atoms with Crippen LogP contribution in [0.1, 0.15) is 22.8 Å². The maximum atomic E-state index is 11.7. The van der Waals surface area contributed by atoms with Gasteiger partial charge in [-0.15, -0.1) is 0 Å². The Hall–Kier alpha value is -1.78. The van der Waals surface area contributed by atoms with Gasteiger partial charge in [0.2, 0.25) is 0 Å². The first-order chi connectivity index (χ1) is 10.8. The predicted molar refractivity (Wildman–Crippen MR) is 90.7 cm³/mol. The Morgan fingerprint density at radius 2 is 1.73 bits per heavy atom. The molecule has 0 amide bonds. The van der Waals surface area contributed by atoms with Crippen LogP contribution in [0.2, 0.25) is 0 Å². The standard InChI is InChI=1S/C18H18N2OS/c21-18(15-10-5-2-6-11-15)16(14-8-3-1-4-9-14)22-17-19-12-7-13-20(17)18/h1-6,8-11,16,21H,7,12-13H2. The van der Waals surface area contributed by atoms with Crippen molar-refractivity contribution in [1.29, 1.82) is 0 Å². The number of aliphatic imine (C=N–C) groups is 1. The minimum absolute atomic E-state index is 0.0621. The van der Waals surface area contributed by atoms with Gasteiger partial charge in [-0.05, 0) is 12.0 Å². The molecule has 2 aromatic carbocycles. The predicted octanol–water partition coefficient (Wildman–Crippen LogP) is 3.38. The lowest BCUT2D eigenvalue weighted by molar-refractivity contribution is -0.0732. The molecule has 4 rings (SSSR count). The fourth-order valence-corrected chi connectivity index (χ4v) is 4.70. The van der Waals surface area contributed by atoms with E-state index in [1.807, 2.05) is 48.5 Å². The molecule has 1 saturated heterocycles. The van der Waals surface area contributed by atoms with Crippen LogP contribution >= 0.6 is 11.8 Å². The molecule has 3 nitrogen and oxygen atoms in total. The summed E-state index contributed by atoms with van der Waals surface area (Å²) in [4.78, 5) is 6.71. The van der Waals surface area contributed by atoms with Crippen LogP contribution < -0.4 is 0 Å². The quantitative estimate of drug-likeness (QED) is 0.923. The molecule has 112 valence electrons. The number of hydrogen-bond acceptors (Lipinski definition) is 4. The van der Waals surface area contributed by atoms with E-state index in [9.17, 15) is 5.11 Å². The van der Waals surface area contributed by atoms with E-state index >= 15 is 0 Å². The summed E-state index contributed by atoms with van der Waals surface area (Å²) in [6, 6.07) is 20.2. The number of rotatable bonds is 2. The van der Waals surface area contributed by atoms with Crippen molar-refractivity contribution < 1.29 is 5.11 Å². The van der Waals surface area contributed by atoms with Crippen molar-refractivity contribution in [3.8, 4) is 0 Å². The molecule has 0 radical (unpaired) electrons. The van der Waals surface area contributed by atoms with Crippen LogP contribution in [0, 0.1) is 0 Å². The first-order valence-electron chi connectivity index (χ1n) is 7.62. The van der Waals surface area contributed by atoms with Crippen LogP contribution in [-0.2, 0) is 5.72 Å². The summed E-state index contributed by atoms with van der Waals surface area (Å²) >= 11 is 1.68. The molecule has 0 saturated carbocycles. The van der Waals surface area contributed by atoms with Crippen molar-refractivity contribution in [3.05, 3.63) is 71.8 Å². The zero-order chi connectivity index (χ0) is 15.0. The van der Waals surface area contributed by atoms with Gasteiger partial charge in [0.25, 0.3) is 0 Å². The highest BCUT2D eigenvalue weighted by Gasteiger charge is 2.53. The third-order valence-corrected chi connectivity index (χ3v) is 5.72. The molecule has 0 bridgehead atoms. The second-order valence-electron chi connectivity index (χ2n) is 5.67. The summed E-state index contributed by atoms with van der Waals surface area (Å²) in [5, 5.41) is 12.6. The van der Waals surface area contributed by atoms with E-state index in [0.29, 0.717) is 0 Å². The summed E-state index contributed by atoms with van der Waals surface area (Å²) in [7, 11) is 0. The van der Waals surface area contributed by atoms with Crippen molar-refractivity contribution >= 4 is 16.9 Å². The summed E-state index contributed by atoms with van der Waals surface area (Å²) in [5.74, 6) is 0. The summed E-state index contributed by atoms with van der Waals surface area (Å²) in [6.07, 6.45) is 0.987. The molecule has 1 fully saturated rings. The summed E-state index contributed by atoms with van der Waals surface area (Å²) in [6.45, 7) is 1.70. The molecule has 0 aromatic heterocycles. The molecular weight excluding hydrogens is 292 g/mol. The molecule has 2 atom stereocenters. The molecular formula is C18H18N2OS. The van der Waals surface area contributed by atoms with Gasteiger partial charge in [0.1, 0.15) is 0 Å². The number of benzene rings is 2. The Morgan fingerprint density at radius 3 is 2.45 bits per heavy atom. The number of fused-ring (bicyclic) bond motifs is 1. The monoisotopic (exact) mass is 310 g/mol. The highest BCUT2D eigenvalue weighted by Crippen LogP contribution is 2.54. The van der Waals surface area contributed by atoms with Gasteiger partial charge in [-0.1, -0.05) is 72.4 Å². The molecule has 2 unspecified atom stereocenters. The molecule has 0 spiro atoms. The van der Waals surface area contributed by atoms with E-state index in [0.717, 1.165) is 35.8 Å². The van der Waals surface area contributed by atoms with Crippen molar-refractivity contribution in [3.63, 3.8) is 0 Å². The van der Waals surface area contributed by atoms with Crippen LogP contribution in [0.25, 0.3) is 0 Å². The fraction of sp³-hybridized carbons (Fsp3) is 0.278. The summed E-state index contributed by atoms with van der Waals surface area (Å²) < 4.78 is 0. The lowest BCUT2D eigenvalue weighted by atomic mass is 9.92. The van der Waals surface area contributed by atoms with Crippen LogP contribution in [0.4, 0.5) is 0 Å². The zero-order valence-corrected chi connectivity index (χ0v) is 13.0. The number of amidine groups is 1. The van der Waals surface area contributed by atoms with Gasteiger partial charge in [0.05, 0.1) is 5.25 Å². The van der Waals surface area contributed by atoms with Gasteiger partial charge >= 0.3 is 0 Å². The Labute approximate surface area is 134 Å². The minimum atomic E-state index is -1.04. The van der Waals surface area contributed by atoms with Gasteiger partial charge in [-0.3, -0.25) is 4.99 Å². The first-order valence-corrected chi connectivity index (χ1v) is 8.50. The number of nitrogens with zero attached hydrogens (tertiary/aromatic N) is 2. The molecule has 4 heteroatoms. The molecule has 1 N–H and O–H groups in total. The minimum Gasteiger partial charge on any atom is -0.365 e.